The maximum atomic E-state index is 13.7. The van der Waals surface area contributed by atoms with Gasteiger partial charge in [-0.05, 0) is 83.4 Å². The second-order valence-corrected chi connectivity index (χ2v) is 12.1. The Kier molecular flexibility index (Phi) is 7.81. The molecule has 3 aromatic carbocycles. The summed E-state index contributed by atoms with van der Waals surface area (Å²) in [6.45, 7) is 10.6. The molecule has 208 valence electrons. The number of pyridine rings is 1. The van der Waals surface area contributed by atoms with Gasteiger partial charge < -0.3 is 9.47 Å². The first kappa shape index (κ1) is 27.7. The van der Waals surface area contributed by atoms with Gasteiger partial charge in [0, 0.05) is 31.1 Å². The molecule has 1 saturated heterocycles. The molecule has 0 atom stereocenters. The van der Waals surface area contributed by atoms with Crippen LogP contribution in [0.5, 0.6) is 11.5 Å². The maximum absolute atomic E-state index is 13.7. The summed E-state index contributed by atoms with van der Waals surface area (Å²) in [5, 5.41) is 1.95. The number of hydrogen-bond acceptors (Lipinski definition) is 5. The standard InChI is InChI=1S/C34H39N3O3/c1-23-17-26(11-14-31(23)39-6)25-9-7-24(8-10-25)20-37(32(38)19-34(2,3)4)33-30-13-12-28(18-27(30)15-16-35-33)40-29-21-36(5)22-29/h7-18,29H,19-22H2,1-6H3. The highest BCUT2D eigenvalue weighted by atomic mass is 16.5. The normalized spacial score (nSPS) is 14.2. The third kappa shape index (κ3) is 6.28. The topological polar surface area (TPSA) is 54.9 Å². The molecule has 0 unspecified atom stereocenters. The molecule has 1 aromatic heterocycles. The van der Waals surface area contributed by atoms with Gasteiger partial charge in [-0.1, -0.05) is 51.1 Å². The lowest BCUT2D eigenvalue weighted by Gasteiger charge is -2.36. The Morgan fingerprint density at radius 1 is 1.00 bits per heavy atom. The molecule has 0 saturated carbocycles. The van der Waals surface area contributed by atoms with E-state index < -0.39 is 0 Å². The van der Waals surface area contributed by atoms with Crippen molar-refractivity contribution in [2.24, 2.45) is 5.41 Å². The SMILES string of the molecule is COc1ccc(-c2ccc(CN(C(=O)CC(C)(C)C)c3nccc4cc(OC5CN(C)C5)ccc34)cc2)cc1C. The first-order valence-electron chi connectivity index (χ1n) is 13.9. The van der Waals surface area contributed by atoms with E-state index >= 15 is 0 Å². The average Bonchev–Trinajstić information content (AvgIpc) is 2.90. The highest BCUT2D eigenvalue weighted by Crippen LogP contribution is 2.32. The molecule has 1 aliphatic heterocycles. The summed E-state index contributed by atoms with van der Waals surface area (Å²) in [4.78, 5) is 22.5. The lowest BCUT2D eigenvalue weighted by molar-refractivity contribution is -0.120. The zero-order valence-electron chi connectivity index (χ0n) is 24.4. The third-order valence-corrected chi connectivity index (χ3v) is 7.31. The molecule has 5 rings (SSSR count). The number of carbonyl (C=O) groups is 1. The minimum absolute atomic E-state index is 0.0557. The fraction of sp³-hybridized carbons (Fsp3) is 0.353. The molecule has 0 bridgehead atoms. The van der Waals surface area contributed by atoms with Crippen LogP contribution in [0.4, 0.5) is 5.82 Å². The molecular weight excluding hydrogens is 498 g/mol. The highest BCUT2D eigenvalue weighted by Gasteiger charge is 2.26. The van der Waals surface area contributed by atoms with Gasteiger partial charge >= 0.3 is 0 Å². The van der Waals surface area contributed by atoms with Gasteiger partial charge in [-0.3, -0.25) is 14.6 Å². The van der Waals surface area contributed by atoms with Crippen LogP contribution in [0.15, 0.2) is 72.9 Å². The molecule has 1 aliphatic rings. The van der Waals surface area contributed by atoms with Crippen molar-refractivity contribution >= 4 is 22.5 Å². The van der Waals surface area contributed by atoms with Crippen molar-refractivity contribution in [2.45, 2.75) is 46.8 Å². The van der Waals surface area contributed by atoms with Crippen LogP contribution in [0, 0.1) is 12.3 Å². The average molecular weight is 538 g/mol. The van der Waals surface area contributed by atoms with Crippen LogP contribution in [0.1, 0.15) is 38.3 Å². The highest BCUT2D eigenvalue weighted by molar-refractivity contribution is 6.02. The van der Waals surface area contributed by atoms with Gasteiger partial charge in [0.1, 0.15) is 23.4 Å². The van der Waals surface area contributed by atoms with Crippen LogP contribution < -0.4 is 14.4 Å². The zero-order chi connectivity index (χ0) is 28.4. The van der Waals surface area contributed by atoms with Crippen molar-refractivity contribution in [3.63, 3.8) is 0 Å². The lowest BCUT2D eigenvalue weighted by atomic mass is 9.91. The molecule has 1 fully saturated rings. The summed E-state index contributed by atoms with van der Waals surface area (Å²) < 4.78 is 11.6. The van der Waals surface area contributed by atoms with E-state index in [0.29, 0.717) is 18.8 Å². The fourth-order valence-corrected chi connectivity index (χ4v) is 5.21. The van der Waals surface area contributed by atoms with Crippen molar-refractivity contribution in [2.75, 3.05) is 32.1 Å². The third-order valence-electron chi connectivity index (χ3n) is 7.31. The van der Waals surface area contributed by atoms with E-state index in [0.717, 1.165) is 57.6 Å². The number of anilines is 1. The van der Waals surface area contributed by atoms with E-state index in [2.05, 4.69) is 75.2 Å². The maximum Gasteiger partial charge on any atom is 0.229 e. The number of nitrogens with zero attached hydrogens (tertiary/aromatic N) is 3. The van der Waals surface area contributed by atoms with Crippen LogP contribution in [0.3, 0.4) is 0 Å². The molecule has 0 radical (unpaired) electrons. The number of aryl methyl sites for hydroxylation is 1. The molecule has 4 aromatic rings. The van der Waals surface area contributed by atoms with Crippen molar-refractivity contribution in [1.29, 1.82) is 0 Å². The number of benzene rings is 3. The first-order valence-corrected chi connectivity index (χ1v) is 13.9. The van der Waals surface area contributed by atoms with E-state index in [1.807, 2.05) is 36.1 Å². The Bertz CT molecular complexity index is 1500. The molecule has 2 heterocycles. The van der Waals surface area contributed by atoms with E-state index in [-0.39, 0.29) is 17.4 Å². The molecule has 0 aliphatic carbocycles. The molecular formula is C34H39N3O3. The number of carbonyl (C=O) groups excluding carboxylic acids is 1. The second kappa shape index (κ2) is 11.3. The van der Waals surface area contributed by atoms with Crippen molar-refractivity contribution in [1.82, 2.24) is 9.88 Å². The van der Waals surface area contributed by atoms with Crippen molar-refractivity contribution in [3.8, 4) is 22.6 Å². The van der Waals surface area contributed by atoms with E-state index in [4.69, 9.17) is 14.5 Å². The number of rotatable bonds is 8. The first-order chi connectivity index (χ1) is 19.1. The van der Waals surface area contributed by atoms with E-state index in [1.54, 1.807) is 13.3 Å². The summed E-state index contributed by atoms with van der Waals surface area (Å²) in [7, 11) is 3.78. The monoisotopic (exact) mass is 537 g/mol. The smallest absolute Gasteiger partial charge is 0.229 e. The zero-order valence-corrected chi connectivity index (χ0v) is 24.4. The Hall–Kier alpha value is -3.90. The Morgan fingerprint density at radius 3 is 2.38 bits per heavy atom. The number of amides is 1. The van der Waals surface area contributed by atoms with Crippen LogP contribution >= 0.6 is 0 Å². The lowest BCUT2D eigenvalue weighted by Crippen LogP contribution is -2.51. The van der Waals surface area contributed by atoms with E-state index in [9.17, 15) is 4.79 Å². The van der Waals surface area contributed by atoms with E-state index in [1.165, 1.54) is 0 Å². The Morgan fingerprint density at radius 2 is 1.73 bits per heavy atom. The molecule has 40 heavy (non-hydrogen) atoms. The van der Waals surface area contributed by atoms with Gasteiger partial charge in [0.2, 0.25) is 5.91 Å². The van der Waals surface area contributed by atoms with Crippen LogP contribution in [-0.4, -0.2) is 49.1 Å². The minimum atomic E-state index is -0.146. The summed E-state index contributed by atoms with van der Waals surface area (Å²) >= 11 is 0. The Labute approximate surface area is 237 Å². The van der Waals surface area contributed by atoms with Crippen LogP contribution in [0.2, 0.25) is 0 Å². The summed E-state index contributed by atoms with van der Waals surface area (Å²) in [6.07, 6.45) is 2.42. The minimum Gasteiger partial charge on any atom is -0.496 e. The number of methoxy groups -OCH3 is 1. The largest absolute Gasteiger partial charge is 0.496 e. The molecule has 6 heteroatoms. The Balaban J connectivity index is 1.44. The molecule has 1 amide bonds. The van der Waals surface area contributed by atoms with Gasteiger partial charge in [-0.2, -0.15) is 0 Å². The number of likely N-dealkylation sites (tertiary alicyclic amines) is 1. The molecule has 0 spiro atoms. The molecule has 6 nitrogen and oxygen atoms in total. The summed E-state index contributed by atoms with van der Waals surface area (Å²) in [6, 6.07) is 22.7. The second-order valence-electron chi connectivity index (χ2n) is 12.1. The van der Waals surface area contributed by atoms with Gasteiger partial charge in [-0.25, -0.2) is 4.98 Å². The number of aromatic nitrogens is 1. The predicted octanol–water partition coefficient (Wildman–Crippen LogP) is 6.88. The number of ether oxygens (including phenoxy) is 2. The van der Waals surface area contributed by atoms with Crippen molar-refractivity contribution in [3.05, 3.63) is 84.1 Å². The predicted molar refractivity (Wildman–Crippen MR) is 162 cm³/mol. The molecule has 0 N–H and O–H groups in total. The number of likely N-dealkylation sites (N-methyl/N-ethyl adjacent to an activating group) is 1. The van der Waals surface area contributed by atoms with Gasteiger partial charge in [0.15, 0.2) is 0 Å². The quantitative estimate of drug-likeness (QED) is 0.245. The fourth-order valence-electron chi connectivity index (χ4n) is 5.21. The van der Waals surface area contributed by atoms with Gasteiger partial charge in [0.05, 0.1) is 13.7 Å². The summed E-state index contributed by atoms with van der Waals surface area (Å²) in [5.74, 6) is 2.46. The van der Waals surface area contributed by atoms with Gasteiger partial charge in [-0.15, -0.1) is 0 Å². The number of hydrogen-bond donors (Lipinski definition) is 0. The van der Waals surface area contributed by atoms with Crippen molar-refractivity contribution < 1.29 is 14.3 Å². The summed E-state index contributed by atoms with van der Waals surface area (Å²) in [5.41, 5.74) is 4.25. The van der Waals surface area contributed by atoms with Crippen LogP contribution in [0.25, 0.3) is 21.9 Å². The van der Waals surface area contributed by atoms with Gasteiger partial charge in [0.25, 0.3) is 0 Å². The van der Waals surface area contributed by atoms with Crippen LogP contribution in [-0.2, 0) is 11.3 Å². The number of fused-ring (bicyclic) bond motifs is 1.